The zero-order chi connectivity index (χ0) is 18.4. The molecule has 1 aliphatic rings. The Labute approximate surface area is 173 Å². The van der Waals surface area contributed by atoms with Crippen molar-refractivity contribution in [2.45, 2.75) is 38.8 Å². The van der Waals surface area contributed by atoms with Gasteiger partial charge in [-0.25, -0.2) is 0 Å². The van der Waals surface area contributed by atoms with Crippen LogP contribution in [0.4, 0.5) is 5.82 Å². The first-order chi connectivity index (χ1) is 11.9. The summed E-state index contributed by atoms with van der Waals surface area (Å²) in [7, 11) is 1.79. The summed E-state index contributed by atoms with van der Waals surface area (Å²) in [6, 6.07) is 3.38. The number of likely N-dealkylation sites (N-methyl/N-ethyl adjacent to an activating group) is 1. The summed E-state index contributed by atoms with van der Waals surface area (Å²) in [4.78, 5) is 28.1. The van der Waals surface area contributed by atoms with E-state index in [0.29, 0.717) is 0 Å². The van der Waals surface area contributed by atoms with E-state index >= 15 is 0 Å². The smallest absolute Gasteiger partial charge is 0.241 e. The Bertz CT molecular complexity index is 582. The Balaban J connectivity index is 0.00000338. The van der Waals surface area contributed by atoms with E-state index in [2.05, 4.69) is 20.4 Å². The second-order valence-corrected chi connectivity index (χ2v) is 6.79. The van der Waals surface area contributed by atoms with Crippen molar-refractivity contribution in [3.63, 3.8) is 0 Å². The number of hydrogen-bond acceptors (Lipinski definition) is 6. The topological polar surface area (TPSA) is 104 Å². The van der Waals surface area contributed by atoms with E-state index < -0.39 is 6.04 Å². The van der Waals surface area contributed by atoms with Crippen molar-refractivity contribution >= 4 is 42.4 Å². The van der Waals surface area contributed by atoms with Crippen LogP contribution in [0, 0.1) is 5.92 Å². The molecule has 1 aromatic rings. The maximum Gasteiger partial charge on any atom is 0.241 e. The first kappa shape index (κ1) is 25.4. The largest absolute Gasteiger partial charge is 0.355 e. The van der Waals surface area contributed by atoms with Gasteiger partial charge >= 0.3 is 0 Å². The minimum absolute atomic E-state index is 0. The maximum atomic E-state index is 12.3. The minimum atomic E-state index is -0.590. The Morgan fingerprint density at radius 1 is 1.33 bits per heavy atom. The molecule has 8 nitrogen and oxygen atoms in total. The molecule has 154 valence electrons. The summed E-state index contributed by atoms with van der Waals surface area (Å²) in [5.41, 5.74) is 5.78. The highest BCUT2D eigenvalue weighted by atomic mass is 35.5. The molecule has 2 amide bonds. The highest BCUT2D eigenvalue weighted by Gasteiger charge is 2.26. The van der Waals surface area contributed by atoms with Crippen LogP contribution in [0.2, 0.25) is 0 Å². The first-order valence-corrected chi connectivity index (χ1v) is 8.71. The third-order valence-electron chi connectivity index (χ3n) is 4.72. The Morgan fingerprint density at radius 3 is 2.48 bits per heavy atom. The van der Waals surface area contributed by atoms with Crippen molar-refractivity contribution in [3.05, 3.63) is 18.3 Å². The molecule has 0 aromatic carbocycles. The van der Waals surface area contributed by atoms with Crippen molar-refractivity contribution in [1.82, 2.24) is 20.4 Å². The number of carbonyl (C=O) groups excluding carboxylic acids is 2. The second-order valence-electron chi connectivity index (χ2n) is 6.79. The third-order valence-corrected chi connectivity index (χ3v) is 4.72. The summed E-state index contributed by atoms with van der Waals surface area (Å²) < 4.78 is 0. The van der Waals surface area contributed by atoms with Crippen molar-refractivity contribution in [3.8, 4) is 0 Å². The fraction of sp³-hybridized carbons (Fsp3) is 0.647. The zero-order valence-electron chi connectivity index (χ0n) is 16.0. The van der Waals surface area contributed by atoms with E-state index in [-0.39, 0.29) is 55.1 Å². The highest BCUT2D eigenvalue weighted by molar-refractivity contribution is 5.87. The number of amides is 2. The number of halogens is 2. The Morgan fingerprint density at radius 2 is 1.96 bits per heavy atom. The molecule has 0 radical (unpaired) electrons. The van der Waals surface area contributed by atoms with E-state index in [1.807, 2.05) is 26.0 Å². The van der Waals surface area contributed by atoms with Crippen LogP contribution in [0.15, 0.2) is 18.3 Å². The van der Waals surface area contributed by atoms with Crippen molar-refractivity contribution in [2.24, 2.45) is 11.7 Å². The summed E-state index contributed by atoms with van der Waals surface area (Å²) in [6.45, 7) is 5.39. The number of piperidine rings is 1. The highest BCUT2D eigenvalue weighted by Crippen LogP contribution is 2.19. The van der Waals surface area contributed by atoms with Crippen LogP contribution in [0.5, 0.6) is 0 Å². The molecule has 2 rings (SSSR count). The zero-order valence-corrected chi connectivity index (χ0v) is 17.6. The predicted octanol–water partition coefficient (Wildman–Crippen LogP) is 0.847. The molecule has 2 heterocycles. The Hall–Kier alpha value is -1.64. The van der Waals surface area contributed by atoms with Gasteiger partial charge in [-0.1, -0.05) is 13.8 Å². The van der Waals surface area contributed by atoms with Crippen LogP contribution < -0.4 is 16.0 Å². The van der Waals surface area contributed by atoms with Gasteiger partial charge in [0.1, 0.15) is 0 Å². The lowest BCUT2D eigenvalue weighted by molar-refractivity contribution is -0.134. The van der Waals surface area contributed by atoms with Gasteiger partial charge in [-0.05, 0) is 30.9 Å². The molecule has 1 fully saturated rings. The predicted molar refractivity (Wildman–Crippen MR) is 110 cm³/mol. The van der Waals surface area contributed by atoms with Crippen molar-refractivity contribution in [2.75, 3.05) is 31.6 Å². The fourth-order valence-electron chi connectivity index (χ4n) is 2.86. The molecule has 1 aromatic heterocycles. The number of aromatic nitrogens is 2. The van der Waals surface area contributed by atoms with Gasteiger partial charge < -0.3 is 20.9 Å². The van der Waals surface area contributed by atoms with Gasteiger partial charge in [-0.3, -0.25) is 9.59 Å². The number of carbonyl (C=O) groups is 2. The van der Waals surface area contributed by atoms with Crippen LogP contribution in [-0.2, 0) is 9.59 Å². The summed E-state index contributed by atoms with van der Waals surface area (Å²) in [5.74, 6) is 0.527. The SMILES string of the molecule is CC(C)[C@H](N)C(=O)NCC(=O)N(C)C1CCN(c2cccnn2)CC1.Cl.Cl. The lowest BCUT2D eigenvalue weighted by Gasteiger charge is -2.37. The number of nitrogens with one attached hydrogen (secondary N) is 1. The monoisotopic (exact) mass is 420 g/mol. The van der Waals surface area contributed by atoms with E-state index in [0.717, 1.165) is 31.7 Å². The summed E-state index contributed by atoms with van der Waals surface area (Å²) in [5, 5.41) is 10.7. The fourth-order valence-corrected chi connectivity index (χ4v) is 2.86. The van der Waals surface area contributed by atoms with Gasteiger partial charge in [0.2, 0.25) is 11.8 Å². The third kappa shape index (κ3) is 7.12. The van der Waals surface area contributed by atoms with Crippen LogP contribution in [-0.4, -0.2) is 65.7 Å². The van der Waals surface area contributed by atoms with E-state index in [4.69, 9.17) is 5.73 Å². The van der Waals surface area contributed by atoms with E-state index in [9.17, 15) is 9.59 Å². The van der Waals surface area contributed by atoms with Crippen LogP contribution >= 0.6 is 24.8 Å². The lowest BCUT2D eigenvalue weighted by Crippen LogP contribution is -2.51. The summed E-state index contributed by atoms with van der Waals surface area (Å²) in [6.07, 6.45) is 3.37. The number of nitrogens with two attached hydrogens (primary N) is 1. The first-order valence-electron chi connectivity index (χ1n) is 8.71. The van der Waals surface area contributed by atoms with Crippen molar-refractivity contribution in [1.29, 1.82) is 0 Å². The molecule has 27 heavy (non-hydrogen) atoms. The lowest BCUT2D eigenvalue weighted by atomic mass is 10.0. The molecule has 1 aliphatic heterocycles. The second kappa shape index (κ2) is 11.9. The molecule has 1 atom stereocenters. The molecule has 0 unspecified atom stereocenters. The quantitative estimate of drug-likeness (QED) is 0.706. The number of anilines is 1. The molecular formula is C17H30Cl2N6O2. The number of rotatable bonds is 6. The standard InChI is InChI=1S/C17H28N6O2.2ClH/c1-12(2)16(18)17(25)19-11-15(24)22(3)13-6-9-23(10-7-13)14-5-4-8-20-21-14;;/h4-5,8,12-13,16H,6-7,9-11,18H2,1-3H3,(H,19,25);2*1H/t16-;;/m0../s1. The normalized spacial score (nSPS) is 15.4. The molecule has 1 saturated heterocycles. The molecule has 0 aliphatic carbocycles. The minimum Gasteiger partial charge on any atom is -0.355 e. The van der Waals surface area contributed by atoms with Gasteiger partial charge in [0, 0.05) is 32.4 Å². The maximum absolute atomic E-state index is 12.3. The number of hydrogen-bond donors (Lipinski definition) is 2. The van der Waals surface area contributed by atoms with Gasteiger partial charge in [-0.15, -0.1) is 29.9 Å². The average Bonchev–Trinajstić information content (AvgIpc) is 2.65. The molecule has 3 N–H and O–H groups in total. The van der Waals surface area contributed by atoms with Gasteiger partial charge in [0.15, 0.2) is 5.82 Å². The molecular weight excluding hydrogens is 391 g/mol. The van der Waals surface area contributed by atoms with Crippen LogP contribution in [0.3, 0.4) is 0 Å². The van der Waals surface area contributed by atoms with E-state index in [1.165, 1.54) is 0 Å². The Kier molecular flexibility index (Phi) is 11.2. The molecule has 0 saturated carbocycles. The average molecular weight is 421 g/mol. The van der Waals surface area contributed by atoms with Gasteiger partial charge in [0.25, 0.3) is 0 Å². The van der Waals surface area contributed by atoms with Crippen LogP contribution in [0.1, 0.15) is 26.7 Å². The van der Waals surface area contributed by atoms with E-state index in [1.54, 1.807) is 18.1 Å². The summed E-state index contributed by atoms with van der Waals surface area (Å²) >= 11 is 0. The van der Waals surface area contributed by atoms with Gasteiger partial charge in [0.05, 0.1) is 12.6 Å². The van der Waals surface area contributed by atoms with Crippen molar-refractivity contribution < 1.29 is 9.59 Å². The van der Waals surface area contributed by atoms with Crippen LogP contribution in [0.25, 0.3) is 0 Å². The molecule has 10 heteroatoms. The molecule has 0 bridgehead atoms. The van der Waals surface area contributed by atoms with Gasteiger partial charge in [-0.2, -0.15) is 5.10 Å². The number of nitrogens with zero attached hydrogens (tertiary/aromatic N) is 4. The molecule has 0 spiro atoms.